The molecule has 0 saturated heterocycles. The van der Waals surface area contributed by atoms with Crippen LogP contribution in [-0.4, -0.2) is 0 Å². The summed E-state index contributed by atoms with van der Waals surface area (Å²) in [6, 6.07) is 3.63. The topological polar surface area (TPSA) is 0 Å². The predicted molar refractivity (Wildman–Crippen MR) is 134 cm³/mol. The number of benzene rings is 1. The first-order valence-electron chi connectivity index (χ1n) is 13.4. The van der Waals surface area contributed by atoms with Crippen LogP contribution in [0.1, 0.15) is 127 Å². The lowest BCUT2D eigenvalue weighted by atomic mass is 9.76. The lowest BCUT2D eigenvalue weighted by Gasteiger charge is -2.29. The molecule has 0 aliphatic heterocycles. The van der Waals surface area contributed by atoms with E-state index in [1.807, 2.05) is 12.1 Å². The first-order valence-corrected chi connectivity index (χ1v) is 13.4. The van der Waals surface area contributed by atoms with Gasteiger partial charge < -0.3 is 0 Å². The number of hydrogen-bond donors (Lipinski definition) is 0. The maximum absolute atomic E-state index is 14.9. The smallest absolute Gasteiger partial charge is 0.166 e. The van der Waals surface area contributed by atoms with Gasteiger partial charge in [0.05, 0.1) is 0 Å². The Bertz CT molecular complexity index is 752. The molecule has 2 aliphatic rings. The molecular formula is C30H44F2. The maximum atomic E-state index is 14.9. The van der Waals surface area contributed by atoms with Crippen LogP contribution in [0.15, 0.2) is 29.9 Å². The van der Waals surface area contributed by atoms with Crippen LogP contribution in [-0.2, 0) is 0 Å². The van der Waals surface area contributed by atoms with E-state index in [4.69, 9.17) is 0 Å². The number of halogens is 2. The lowest BCUT2D eigenvalue weighted by molar-refractivity contribution is 0.298. The first-order chi connectivity index (χ1) is 15.6. The summed E-state index contributed by atoms with van der Waals surface area (Å²) < 4.78 is 29.6. The summed E-state index contributed by atoms with van der Waals surface area (Å²) in [5, 5.41) is 0. The first kappa shape index (κ1) is 25.2. The molecule has 1 saturated carbocycles. The van der Waals surface area contributed by atoms with Crippen molar-refractivity contribution in [3.05, 3.63) is 52.6 Å². The quantitative estimate of drug-likeness (QED) is 0.236. The Morgan fingerprint density at radius 2 is 1.69 bits per heavy atom. The summed E-state index contributed by atoms with van der Waals surface area (Å²) in [6.07, 6.45) is 24.0. The molecule has 1 fully saturated rings. The third-order valence-electron chi connectivity index (χ3n) is 7.88. The highest BCUT2D eigenvalue weighted by molar-refractivity contribution is 5.51. The molecule has 0 heterocycles. The van der Waals surface area contributed by atoms with Gasteiger partial charge in [0.15, 0.2) is 11.6 Å². The van der Waals surface area contributed by atoms with Crippen molar-refractivity contribution in [3.63, 3.8) is 0 Å². The van der Waals surface area contributed by atoms with Crippen LogP contribution in [0.3, 0.4) is 0 Å². The van der Waals surface area contributed by atoms with Gasteiger partial charge in [-0.15, -0.1) is 0 Å². The van der Waals surface area contributed by atoms with Gasteiger partial charge in [-0.2, -0.15) is 0 Å². The van der Waals surface area contributed by atoms with Gasteiger partial charge in [-0.05, 0) is 81.1 Å². The van der Waals surface area contributed by atoms with Gasteiger partial charge in [0, 0.05) is 5.56 Å². The predicted octanol–water partition coefficient (Wildman–Crippen LogP) is 10.1. The minimum absolute atomic E-state index is 0.180. The molecule has 1 unspecified atom stereocenters. The molecule has 2 heteroatoms. The Morgan fingerprint density at radius 3 is 2.38 bits per heavy atom. The minimum Gasteiger partial charge on any atom is -0.203 e. The third kappa shape index (κ3) is 7.29. The van der Waals surface area contributed by atoms with Crippen LogP contribution >= 0.6 is 0 Å². The standard InChI is InChI=1S/C30H44F2/c1-3-5-6-10-25-17-19-26(20-18-25)28-22-21-27(29(31)30(28)32)12-8-7-11-24-15-13-23(9-4-2)14-16-24/h8,12,15,21-23,25-26H,3-7,9-11,13-14,16-20H2,1-2H3. The van der Waals surface area contributed by atoms with Crippen molar-refractivity contribution >= 4 is 6.08 Å². The summed E-state index contributed by atoms with van der Waals surface area (Å²) in [4.78, 5) is 0. The fourth-order valence-electron chi connectivity index (χ4n) is 5.79. The van der Waals surface area contributed by atoms with Crippen LogP contribution in [0.5, 0.6) is 0 Å². The molecule has 3 rings (SSSR count). The van der Waals surface area contributed by atoms with E-state index >= 15 is 0 Å². The Labute approximate surface area is 195 Å². The van der Waals surface area contributed by atoms with Crippen molar-refractivity contribution in [3.8, 4) is 0 Å². The number of allylic oxidation sites excluding steroid dienone is 3. The Kier molecular flexibility index (Phi) is 10.5. The second-order valence-electron chi connectivity index (χ2n) is 10.3. The number of hydrogen-bond acceptors (Lipinski definition) is 0. The molecule has 1 aromatic carbocycles. The minimum atomic E-state index is -0.664. The van der Waals surface area contributed by atoms with Crippen LogP contribution in [0.25, 0.3) is 6.08 Å². The summed E-state index contributed by atoms with van der Waals surface area (Å²) >= 11 is 0. The highest BCUT2D eigenvalue weighted by Crippen LogP contribution is 2.39. The second-order valence-corrected chi connectivity index (χ2v) is 10.3. The molecule has 0 radical (unpaired) electrons. The summed E-state index contributed by atoms with van der Waals surface area (Å²) in [5.41, 5.74) is 2.52. The van der Waals surface area contributed by atoms with Gasteiger partial charge in [0.2, 0.25) is 0 Å². The highest BCUT2D eigenvalue weighted by Gasteiger charge is 2.25. The molecule has 178 valence electrons. The maximum Gasteiger partial charge on any atom is 0.166 e. The molecule has 0 spiro atoms. The fraction of sp³-hybridized carbons (Fsp3) is 0.667. The highest BCUT2D eigenvalue weighted by atomic mass is 19.2. The van der Waals surface area contributed by atoms with Crippen molar-refractivity contribution in [2.45, 2.75) is 116 Å². The van der Waals surface area contributed by atoms with Gasteiger partial charge in [0.25, 0.3) is 0 Å². The molecule has 1 atom stereocenters. The Balaban J connectivity index is 1.48. The average molecular weight is 443 g/mol. The van der Waals surface area contributed by atoms with E-state index in [-0.39, 0.29) is 5.92 Å². The van der Waals surface area contributed by atoms with Crippen molar-refractivity contribution in [2.75, 3.05) is 0 Å². The third-order valence-corrected chi connectivity index (χ3v) is 7.88. The van der Waals surface area contributed by atoms with Crippen molar-refractivity contribution in [1.29, 1.82) is 0 Å². The van der Waals surface area contributed by atoms with Crippen LogP contribution in [0.4, 0.5) is 8.78 Å². The summed E-state index contributed by atoms with van der Waals surface area (Å²) in [7, 11) is 0. The lowest BCUT2D eigenvalue weighted by Crippen LogP contribution is -2.15. The molecule has 32 heavy (non-hydrogen) atoms. The fourth-order valence-corrected chi connectivity index (χ4v) is 5.79. The van der Waals surface area contributed by atoms with Gasteiger partial charge in [-0.3, -0.25) is 0 Å². The Morgan fingerprint density at radius 1 is 0.875 bits per heavy atom. The zero-order chi connectivity index (χ0) is 22.8. The number of unbranched alkanes of at least 4 members (excludes halogenated alkanes) is 2. The Hall–Kier alpha value is -1.44. The van der Waals surface area contributed by atoms with E-state index in [2.05, 4.69) is 19.9 Å². The van der Waals surface area contributed by atoms with Crippen LogP contribution < -0.4 is 0 Å². The van der Waals surface area contributed by atoms with E-state index in [1.165, 1.54) is 63.4 Å². The monoisotopic (exact) mass is 442 g/mol. The van der Waals surface area contributed by atoms with Gasteiger partial charge in [-0.25, -0.2) is 8.78 Å². The largest absolute Gasteiger partial charge is 0.203 e. The average Bonchev–Trinajstić information content (AvgIpc) is 2.81. The summed E-state index contributed by atoms with van der Waals surface area (Å²) in [5.74, 6) is 0.553. The van der Waals surface area contributed by atoms with E-state index in [0.29, 0.717) is 11.1 Å². The molecule has 0 N–H and O–H groups in total. The molecule has 0 aromatic heterocycles. The molecule has 2 aliphatic carbocycles. The van der Waals surface area contributed by atoms with Crippen molar-refractivity contribution in [1.82, 2.24) is 0 Å². The summed E-state index contributed by atoms with van der Waals surface area (Å²) in [6.45, 7) is 4.50. The van der Waals surface area contributed by atoms with E-state index in [9.17, 15) is 8.78 Å². The van der Waals surface area contributed by atoms with Crippen molar-refractivity contribution < 1.29 is 8.78 Å². The number of rotatable bonds is 11. The van der Waals surface area contributed by atoms with E-state index < -0.39 is 11.6 Å². The SMILES string of the molecule is CCCCCC1CCC(c2ccc(C=CCCC3=CCC(CCC)CC3)c(F)c2F)CC1. The normalized spacial score (nSPS) is 24.1. The second kappa shape index (κ2) is 13.3. The van der Waals surface area contributed by atoms with E-state index in [0.717, 1.165) is 50.4 Å². The van der Waals surface area contributed by atoms with Gasteiger partial charge >= 0.3 is 0 Å². The van der Waals surface area contributed by atoms with Crippen LogP contribution in [0, 0.1) is 23.5 Å². The van der Waals surface area contributed by atoms with E-state index in [1.54, 1.807) is 12.1 Å². The molecule has 0 bridgehead atoms. The molecule has 0 amide bonds. The molecule has 1 aromatic rings. The van der Waals surface area contributed by atoms with Crippen molar-refractivity contribution in [2.24, 2.45) is 11.8 Å². The van der Waals surface area contributed by atoms with Gasteiger partial charge in [0.1, 0.15) is 0 Å². The van der Waals surface area contributed by atoms with Gasteiger partial charge in [-0.1, -0.05) is 88.3 Å². The van der Waals surface area contributed by atoms with Crippen LogP contribution in [0.2, 0.25) is 0 Å². The molecular weight excluding hydrogens is 398 g/mol. The molecule has 0 nitrogen and oxygen atoms in total. The zero-order valence-electron chi connectivity index (χ0n) is 20.5. The zero-order valence-corrected chi connectivity index (χ0v) is 20.5.